The van der Waals surface area contributed by atoms with Crippen LogP contribution in [0.25, 0.3) is 0 Å². The van der Waals surface area contributed by atoms with Crippen LogP contribution in [0.1, 0.15) is 16.8 Å². The molecule has 0 saturated heterocycles. The van der Waals surface area contributed by atoms with Crippen molar-refractivity contribution in [3.05, 3.63) is 42.5 Å². The van der Waals surface area contributed by atoms with Crippen molar-refractivity contribution in [2.24, 2.45) is 0 Å². The van der Waals surface area contributed by atoms with Gasteiger partial charge in [0.15, 0.2) is 5.78 Å². The molecule has 0 bridgehead atoms. The van der Waals surface area contributed by atoms with Crippen LogP contribution in [0.2, 0.25) is 0 Å². The van der Waals surface area contributed by atoms with Crippen molar-refractivity contribution in [3.8, 4) is 0 Å². The zero-order valence-electron chi connectivity index (χ0n) is 8.51. The number of fused-ring (bicyclic) bond motifs is 1. The third kappa shape index (κ3) is 1.68. The molecule has 0 aromatic heterocycles. The van der Waals surface area contributed by atoms with Gasteiger partial charge in [0.1, 0.15) is 0 Å². The first-order valence-electron chi connectivity index (χ1n) is 4.83. The first kappa shape index (κ1) is 11.0. The molecule has 4 nitrogen and oxygen atoms in total. The molecule has 1 aromatic carbocycles. The van der Waals surface area contributed by atoms with Crippen LogP contribution in [0.15, 0.2) is 41.8 Å². The monoisotopic (exact) mass is 237 g/mol. The van der Waals surface area contributed by atoms with Gasteiger partial charge < -0.3 is 0 Å². The number of ketones is 1. The zero-order valence-corrected chi connectivity index (χ0v) is 9.33. The van der Waals surface area contributed by atoms with Gasteiger partial charge in [-0.3, -0.25) is 4.79 Å². The number of benzene rings is 1. The predicted octanol–water partition coefficient (Wildman–Crippen LogP) is 1.11. The van der Waals surface area contributed by atoms with E-state index < -0.39 is 16.1 Å². The Hall–Kier alpha value is -1.46. The topological polar surface area (TPSA) is 63.2 Å². The van der Waals surface area contributed by atoms with Gasteiger partial charge in [-0.15, -0.1) is 6.58 Å². The quantitative estimate of drug-likeness (QED) is 0.783. The lowest BCUT2D eigenvalue weighted by Gasteiger charge is -2.23. The summed E-state index contributed by atoms with van der Waals surface area (Å²) in [6.45, 7) is 3.51. The summed E-state index contributed by atoms with van der Waals surface area (Å²) >= 11 is 0. The maximum absolute atomic E-state index is 11.9. The maximum atomic E-state index is 11.9. The Morgan fingerprint density at radius 2 is 2.06 bits per heavy atom. The maximum Gasteiger partial charge on any atom is 0.241 e. The Balaban J connectivity index is 2.58. The van der Waals surface area contributed by atoms with Crippen molar-refractivity contribution in [3.63, 3.8) is 0 Å². The van der Waals surface area contributed by atoms with Crippen molar-refractivity contribution < 1.29 is 13.2 Å². The minimum absolute atomic E-state index is 0.0558. The van der Waals surface area contributed by atoms with E-state index in [0.29, 0.717) is 6.42 Å². The summed E-state index contributed by atoms with van der Waals surface area (Å²) in [5.41, 5.74) is 0.258. The van der Waals surface area contributed by atoms with Crippen LogP contribution in [0.4, 0.5) is 0 Å². The minimum atomic E-state index is -3.56. The van der Waals surface area contributed by atoms with E-state index in [1.54, 1.807) is 12.1 Å². The van der Waals surface area contributed by atoms with Crippen molar-refractivity contribution in [2.75, 3.05) is 0 Å². The normalized spacial score (nSPS) is 22.5. The Morgan fingerprint density at radius 1 is 1.38 bits per heavy atom. The van der Waals surface area contributed by atoms with E-state index in [1.165, 1.54) is 18.2 Å². The molecule has 2 rings (SSSR count). The molecule has 84 valence electrons. The van der Waals surface area contributed by atoms with E-state index in [-0.39, 0.29) is 16.2 Å². The van der Waals surface area contributed by atoms with E-state index in [0.717, 1.165) is 0 Å². The Kier molecular flexibility index (Phi) is 2.65. The molecule has 0 fully saturated rings. The number of nitrogens with one attached hydrogen (secondary N) is 1. The minimum Gasteiger partial charge on any atom is -0.292 e. The van der Waals surface area contributed by atoms with Gasteiger partial charge in [-0.1, -0.05) is 18.2 Å². The first-order chi connectivity index (χ1) is 7.56. The number of Topliss-reactive ketones (excluding diaryl/α,β-unsaturated/α-hetero) is 1. The molecule has 1 aliphatic heterocycles. The van der Waals surface area contributed by atoms with Gasteiger partial charge in [-0.05, 0) is 18.6 Å². The third-order valence-electron chi connectivity index (χ3n) is 2.46. The van der Waals surface area contributed by atoms with Gasteiger partial charge in [0.05, 0.1) is 10.9 Å². The van der Waals surface area contributed by atoms with Crippen molar-refractivity contribution >= 4 is 15.8 Å². The lowest BCUT2D eigenvalue weighted by molar-refractivity contribution is 0.0946. The second-order valence-electron chi connectivity index (χ2n) is 3.56. The fourth-order valence-corrected chi connectivity index (χ4v) is 3.14. The number of carbonyl (C=O) groups excluding carboxylic acids is 1. The van der Waals surface area contributed by atoms with Crippen LogP contribution in [0.5, 0.6) is 0 Å². The highest BCUT2D eigenvalue weighted by molar-refractivity contribution is 7.89. The molecule has 1 aromatic rings. The van der Waals surface area contributed by atoms with Crippen LogP contribution in [0, 0.1) is 0 Å². The molecule has 0 saturated carbocycles. The molecule has 0 aliphatic carbocycles. The molecule has 1 atom stereocenters. The molecular formula is C11H11NO3S. The molecule has 0 radical (unpaired) electrons. The van der Waals surface area contributed by atoms with E-state index in [2.05, 4.69) is 11.3 Å². The summed E-state index contributed by atoms with van der Waals surface area (Å²) in [4.78, 5) is 12.0. The average Bonchev–Trinajstić information content (AvgIpc) is 2.26. The first-order valence-corrected chi connectivity index (χ1v) is 6.31. The van der Waals surface area contributed by atoms with E-state index in [4.69, 9.17) is 0 Å². The number of rotatable bonds is 2. The smallest absolute Gasteiger partial charge is 0.241 e. The van der Waals surface area contributed by atoms with Crippen molar-refractivity contribution in [1.29, 1.82) is 0 Å². The van der Waals surface area contributed by atoms with Crippen LogP contribution >= 0.6 is 0 Å². The number of hydrogen-bond donors (Lipinski definition) is 1. The summed E-state index contributed by atoms with van der Waals surface area (Å²) in [5.74, 6) is -0.203. The fourth-order valence-electron chi connectivity index (χ4n) is 1.72. The highest BCUT2D eigenvalue weighted by atomic mass is 32.2. The fraction of sp³-hybridized carbons (Fsp3) is 0.182. The molecule has 0 spiro atoms. The molecule has 16 heavy (non-hydrogen) atoms. The van der Waals surface area contributed by atoms with Crippen LogP contribution in [-0.2, 0) is 10.0 Å². The standard InChI is InChI=1S/C11H11NO3S/c1-2-5-9-11(13)8-6-3-4-7-10(8)16(14,15)12-9/h2-4,6-7,9,12H,1,5H2. The molecule has 1 N–H and O–H groups in total. The summed E-state index contributed by atoms with van der Waals surface area (Å²) in [5, 5.41) is 0. The molecule has 1 heterocycles. The second-order valence-corrected chi connectivity index (χ2v) is 5.24. The number of carbonyl (C=O) groups is 1. The van der Waals surface area contributed by atoms with Gasteiger partial charge in [-0.25, -0.2) is 8.42 Å². The summed E-state index contributed by atoms with van der Waals surface area (Å²) in [7, 11) is -3.56. The summed E-state index contributed by atoms with van der Waals surface area (Å²) in [6, 6.07) is 5.49. The molecule has 5 heteroatoms. The average molecular weight is 237 g/mol. The van der Waals surface area contributed by atoms with Crippen molar-refractivity contribution in [1.82, 2.24) is 4.72 Å². The predicted molar refractivity (Wildman–Crippen MR) is 59.7 cm³/mol. The van der Waals surface area contributed by atoms with Crippen molar-refractivity contribution in [2.45, 2.75) is 17.4 Å². The Morgan fingerprint density at radius 3 is 2.75 bits per heavy atom. The number of hydrogen-bond acceptors (Lipinski definition) is 3. The van der Waals surface area contributed by atoms with E-state index >= 15 is 0 Å². The Bertz CT molecular complexity index is 548. The third-order valence-corrected chi connectivity index (χ3v) is 3.99. The van der Waals surface area contributed by atoms with Gasteiger partial charge in [0.25, 0.3) is 0 Å². The molecule has 0 amide bonds. The summed E-state index contributed by atoms with van der Waals surface area (Å²) in [6.07, 6.45) is 1.82. The van der Waals surface area contributed by atoms with E-state index in [1.807, 2.05) is 0 Å². The van der Waals surface area contributed by atoms with E-state index in [9.17, 15) is 13.2 Å². The lowest BCUT2D eigenvalue weighted by atomic mass is 10.0. The lowest BCUT2D eigenvalue weighted by Crippen LogP contribution is -2.45. The Labute approximate surface area is 94.0 Å². The zero-order chi connectivity index (χ0) is 11.8. The number of sulfonamides is 1. The van der Waals surface area contributed by atoms with Crippen LogP contribution in [-0.4, -0.2) is 20.2 Å². The molecule has 1 unspecified atom stereocenters. The SMILES string of the molecule is C=CCC1NS(=O)(=O)c2ccccc2C1=O. The van der Waals surface area contributed by atoms with Gasteiger partial charge >= 0.3 is 0 Å². The van der Waals surface area contributed by atoms with Gasteiger partial charge in [0.2, 0.25) is 10.0 Å². The highest BCUT2D eigenvalue weighted by Gasteiger charge is 2.34. The molecule has 1 aliphatic rings. The highest BCUT2D eigenvalue weighted by Crippen LogP contribution is 2.23. The van der Waals surface area contributed by atoms with Gasteiger partial charge in [-0.2, -0.15) is 4.72 Å². The summed E-state index contributed by atoms with van der Waals surface area (Å²) < 4.78 is 26.0. The molecular weight excluding hydrogens is 226 g/mol. The van der Waals surface area contributed by atoms with Gasteiger partial charge in [0, 0.05) is 5.56 Å². The van der Waals surface area contributed by atoms with Crippen LogP contribution < -0.4 is 4.72 Å². The largest absolute Gasteiger partial charge is 0.292 e. The van der Waals surface area contributed by atoms with Crippen LogP contribution in [0.3, 0.4) is 0 Å². The second kappa shape index (κ2) is 3.84.